The molecule has 1 N–H and O–H groups in total. The van der Waals surface area contributed by atoms with Crippen LogP contribution in [0.4, 0.5) is 8.78 Å². The van der Waals surface area contributed by atoms with Crippen molar-refractivity contribution in [3.63, 3.8) is 0 Å². The van der Waals surface area contributed by atoms with E-state index in [2.05, 4.69) is 21.2 Å². The first kappa shape index (κ1) is 16.7. The molecule has 21 heavy (non-hydrogen) atoms. The van der Waals surface area contributed by atoms with E-state index in [1.807, 2.05) is 0 Å². The van der Waals surface area contributed by atoms with Crippen LogP contribution >= 0.6 is 27.5 Å². The molecule has 1 aliphatic carbocycles. The number of carbonyl (C=O) groups is 1. The fraction of sp³-hybridized carbons (Fsp3) is 0.533. The average molecular weight is 381 g/mol. The summed E-state index contributed by atoms with van der Waals surface area (Å²) in [6.07, 6.45) is 4.54. The van der Waals surface area contributed by atoms with Gasteiger partial charge in [-0.05, 0) is 36.8 Å². The van der Waals surface area contributed by atoms with Crippen molar-refractivity contribution in [3.05, 3.63) is 34.4 Å². The van der Waals surface area contributed by atoms with Crippen molar-refractivity contribution in [2.45, 2.75) is 25.7 Å². The lowest BCUT2D eigenvalue weighted by Gasteiger charge is -2.30. The number of nitrogens with one attached hydrogen (secondary N) is 1. The van der Waals surface area contributed by atoms with Gasteiger partial charge in [0.25, 0.3) is 5.91 Å². The number of rotatable bonds is 4. The van der Waals surface area contributed by atoms with Crippen molar-refractivity contribution in [2.24, 2.45) is 11.8 Å². The molecule has 2 unspecified atom stereocenters. The van der Waals surface area contributed by atoms with E-state index in [0.29, 0.717) is 18.4 Å². The molecule has 1 saturated carbocycles. The zero-order valence-electron chi connectivity index (χ0n) is 11.5. The highest BCUT2D eigenvalue weighted by Crippen LogP contribution is 2.31. The van der Waals surface area contributed by atoms with E-state index in [9.17, 15) is 13.6 Å². The smallest absolute Gasteiger partial charge is 0.254 e. The van der Waals surface area contributed by atoms with Crippen molar-refractivity contribution < 1.29 is 13.6 Å². The van der Waals surface area contributed by atoms with E-state index in [1.54, 1.807) is 0 Å². The van der Waals surface area contributed by atoms with Gasteiger partial charge in [-0.1, -0.05) is 40.4 Å². The SMILES string of the molecule is O=C(NCC1CCCCC1CBr)c1cc(F)c(Cl)cc1F. The molecule has 6 heteroatoms. The standard InChI is InChI=1S/C15H17BrClF2NO/c16-7-9-3-1-2-4-10(9)8-20-15(21)11-5-14(19)12(17)6-13(11)18/h5-6,9-10H,1-4,7-8H2,(H,20,21). The largest absolute Gasteiger partial charge is 0.352 e. The van der Waals surface area contributed by atoms with Crippen LogP contribution in [0.15, 0.2) is 12.1 Å². The number of hydrogen-bond acceptors (Lipinski definition) is 1. The molecule has 0 bridgehead atoms. The third-order valence-corrected chi connectivity index (χ3v) is 5.17. The molecular formula is C15H17BrClF2NO. The van der Waals surface area contributed by atoms with Gasteiger partial charge in [0.05, 0.1) is 10.6 Å². The Bertz CT molecular complexity index is 527. The van der Waals surface area contributed by atoms with Gasteiger partial charge in [-0.2, -0.15) is 0 Å². The van der Waals surface area contributed by atoms with Crippen molar-refractivity contribution in [3.8, 4) is 0 Å². The van der Waals surface area contributed by atoms with Crippen molar-refractivity contribution >= 4 is 33.4 Å². The quantitative estimate of drug-likeness (QED) is 0.602. The monoisotopic (exact) mass is 379 g/mol. The van der Waals surface area contributed by atoms with Crippen molar-refractivity contribution in [1.29, 1.82) is 0 Å². The minimum absolute atomic E-state index is 0.303. The number of hydrogen-bond donors (Lipinski definition) is 1. The Labute approximate surface area is 136 Å². The van der Waals surface area contributed by atoms with Crippen LogP contribution < -0.4 is 5.32 Å². The molecule has 2 atom stereocenters. The maximum atomic E-state index is 13.7. The summed E-state index contributed by atoms with van der Waals surface area (Å²) in [7, 11) is 0. The molecule has 0 aliphatic heterocycles. The average Bonchev–Trinajstić information content (AvgIpc) is 2.48. The van der Waals surface area contributed by atoms with Gasteiger partial charge < -0.3 is 5.32 Å². The van der Waals surface area contributed by atoms with E-state index >= 15 is 0 Å². The first-order valence-corrected chi connectivity index (χ1v) is 8.51. The summed E-state index contributed by atoms with van der Waals surface area (Å²) in [4.78, 5) is 12.0. The molecule has 0 spiro atoms. The molecule has 1 aromatic carbocycles. The number of halogens is 4. The molecule has 1 fully saturated rings. The normalized spacial score (nSPS) is 22.1. The van der Waals surface area contributed by atoms with E-state index in [0.717, 1.165) is 36.7 Å². The highest BCUT2D eigenvalue weighted by Gasteiger charge is 2.25. The Morgan fingerprint density at radius 1 is 1.24 bits per heavy atom. The maximum absolute atomic E-state index is 13.7. The summed E-state index contributed by atoms with van der Waals surface area (Å²) < 4.78 is 27.0. The van der Waals surface area contributed by atoms with E-state index < -0.39 is 17.5 Å². The molecular weight excluding hydrogens is 364 g/mol. The van der Waals surface area contributed by atoms with Crippen LogP contribution in [0, 0.1) is 23.5 Å². The first-order valence-electron chi connectivity index (χ1n) is 7.01. The second-order valence-corrected chi connectivity index (χ2v) is 6.47. The third-order valence-electron chi connectivity index (χ3n) is 4.04. The van der Waals surface area contributed by atoms with Crippen molar-refractivity contribution in [1.82, 2.24) is 5.32 Å². The van der Waals surface area contributed by atoms with Crippen LogP contribution in [-0.2, 0) is 0 Å². The van der Waals surface area contributed by atoms with Gasteiger partial charge in [0.1, 0.15) is 11.6 Å². The lowest BCUT2D eigenvalue weighted by Crippen LogP contribution is -2.35. The predicted molar refractivity (Wildman–Crippen MR) is 82.9 cm³/mol. The maximum Gasteiger partial charge on any atom is 0.254 e. The lowest BCUT2D eigenvalue weighted by molar-refractivity contribution is 0.0932. The molecule has 2 nitrogen and oxygen atoms in total. The van der Waals surface area contributed by atoms with E-state index in [4.69, 9.17) is 11.6 Å². The second-order valence-electron chi connectivity index (χ2n) is 5.42. The van der Waals surface area contributed by atoms with Crippen LogP contribution in [0.3, 0.4) is 0 Å². The molecule has 0 aromatic heterocycles. The van der Waals surface area contributed by atoms with E-state index in [-0.39, 0.29) is 10.6 Å². The minimum atomic E-state index is -0.806. The summed E-state index contributed by atoms with van der Waals surface area (Å²) in [5.74, 6) is -1.30. The molecule has 0 heterocycles. The van der Waals surface area contributed by atoms with Gasteiger partial charge in [-0.15, -0.1) is 0 Å². The third kappa shape index (κ3) is 4.16. The lowest BCUT2D eigenvalue weighted by atomic mass is 9.80. The Kier molecular flexibility index (Phi) is 5.99. The zero-order valence-corrected chi connectivity index (χ0v) is 13.8. The minimum Gasteiger partial charge on any atom is -0.352 e. The van der Waals surface area contributed by atoms with Gasteiger partial charge >= 0.3 is 0 Å². The van der Waals surface area contributed by atoms with Crippen LogP contribution in [0.5, 0.6) is 0 Å². The van der Waals surface area contributed by atoms with Crippen LogP contribution in [0.1, 0.15) is 36.0 Å². The van der Waals surface area contributed by atoms with Gasteiger partial charge in [-0.25, -0.2) is 8.78 Å². The molecule has 1 aliphatic rings. The topological polar surface area (TPSA) is 29.1 Å². The Morgan fingerprint density at radius 2 is 1.90 bits per heavy atom. The van der Waals surface area contributed by atoms with Crippen LogP contribution in [-0.4, -0.2) is 17.8 Å². The summed E-state index contributed by atoms with van der Waals surface area (Å²) in [5.41, 5.74) is -0.303. The molecule has 2 rings (SSSR count). The highest BCUT2D eigenvalue weighted by molar-refractivity contribution is 9.09. The molecule has 1 aromatic rings. The molecule has 0 saturated heterocycles. The van der Waals surface area contributed by atoms with Gasteiger partial charge in [-0.3, -0.25) is 4.79 Å². The summed E-state index contributed by atoms with van der Waals surface area (Å²) in [5, 5.41) is 3.29. The second kappa shape index (κ2) is 7.54. The van der Waals surface area contributed by atoms with Crippen LogP contribution in [0.25, 0.3) is 0 Å². The summed E-state index contributed by atoms with van der Waals surface area (Å²) in [6.45, 7) is 0.485. The molecule has 116 valence electrons. The first-order chi connectivity index (χ1) is 10.0. The van der Waals surface area contributed by atoms with Crippen molar-refractivity contribution in [2.75, 3.05) is 11.9 Å². The Morgan fingerprint density at radius 3 is 2.57 bits per heavy atom. The molecule has 0 radical (unpaired) electrons. The van der Waals surface area contributed by atoms with Gasteiger partial charge in [0.2, 0.25) is 0 Å². The highest BCUT2D eigenvalue weighted by atomic mass is 79.9. The Balaban J connectivity index is 2.00. The Hall–Kier alpha value is -0.680. The number of benzene rings is 1. The number of carbonyl (C=O) groups excluding carboxylic acids is 1. The zero-order chi connectivity index (χ0) is 15.4. The number of amides is 1. The van der Waals surface area contributed by atoms with Gasteiger partial charge in [0, 0.05) is 11.9 Å². The number of alkyl halides is 1. The van der Waals surface area contributed by atoms with Gasteiger partial charge in [0.15, 0.2) is 0 Å². The fourth-order valence-corrected chi connectivity index (χ4v) is 3.77. The summed E-state index contributed by atoms with van der Waals surface area (Å²) >= 11 is 8.97. The summed E-state index contributed by atoms with van der Waals surface area (Å²) in [6, 6.07) is 1.67. The van der Waals surface area contributed by atoms with Crippen LogP contribution in [0.2, 0.25) is 5.02 Å². The predicted octanol–water partition coefficient (Wildman–Crippen LogP) is 4.55. The molecule has 1 amide bonds. The van der Waals surface area contributed by atoms with E-state index in [1.165, 1.54) is 6.42 Å². The fourth-order valence-electron chi connectivity index (χ4n) is 2.77.